The lowest BCUT2D eigenvalue weighted by molar-refractivity contribution is -0.119. The number of hydrogen-bond acceptors (Lipinski definition) is 9. The van der Waals surface area contributed by atoms with Gasteiger partial charge in [0.2, 0.25) is 0 Å². The highest BCUT2D eigenvalue weighted by Crippen LogP contribution is 2.30. The molecule has 11 nitrogen and oxygen atoms in total. The number of hydrogen-bond donors (Lipinski definition) is 3. The first-order chi connectivity index (χ1) is 37.1. The number of rotatable bonds is 32. The van der Waals surface area contributed by atoms with Crippen molar-refractivity contribution in [2.24, 2.45) is 22.0 Å². The van der Waals surface area contributed by atoms with Crippen LogP contribution in [0.1, 0.15) is 90.3 Å². The Balaban J connectivity index is 1.79. The van der Waals surface area contributed by atoms with Gasteiger partial charge in [-0.15, -0.1) is 0 Å². The second-order valence-corrected chi connectivity index (χ2v) is 17.9. The van der Waals surface area contributed by atoms with Crippen LogP contribution in [0.3, 0.4) is 0 Å². The van der Waals surface area contributed by atoms with Crippen molar-refractivity contribution in [3.8, 4) is 0 Å². The van der Waals surface area contributed by atoms with Gasteiger partial charge < -0.3 is 25.8 Å². The number of nitrogen functional groups attached to an aromatic ring is 1. The van der Waals surface area contributed by atoms with Gasteiger partial charge in [0.15, 0.2) is 5.70 Å². The number of nitrogens with zero attached hydrogens (tertiary/aromatic N) is 4. The average molecular weight is 1020 g/mol. The third-order valence-corrected chi connectivity index (χ3v) is 11.8. The van der Waals surface area contributed by atoms with E-state index in [2.05, 4.69) is 79.7 Å². The molecule has 3 aromatic rings. The van der Waals surface area contributed by atoms with Crippen LogP contribution in [0.25, 0.3) is 0 Å². The van der Waals surface area contributed by atoms with E-state index >= 15 is 4.79 Å². The number of ether oxygens (including phenoxy) is 2. The maximum absolute atomic E-state index is 15.2. The Kier molecular flexibility index (Phi) is 28.7. The Morgan fingerprint density at radius 2 is 1.53 bits per heavy atom. The van der Waals surface area contributed by atoms with Gasteiger partial charge in [0.1, 0.15) is 18.1 Å². The minimum atomic E-state index is -0.447. The van der Waals surface area contributed by atoms with Crippen LogP contribution in [0.2, 0.25) is 0 Å². The van der Waals surface area contributed by atoms with Crippen LogP contribution < -0.4 is 16.4 Å². The van der Waals surface area contributed by atoms with Crippen molar-refractivity contribution in [1.29, 1.82) is 0 Å². The fraction of sp³-hybridized carbons (Fsp3) is 0.292. The second kappa shape index (κ2) is 36.0. The Bertz CT molecular complexity index is 2680. The van der Waals surface area contributed by atoms with Gasteiger partial charge in [-0.2, -0.15) is 10.2 Å². The summed E-state index contributed by atoms with van der Waals surface area (Å²) in [7, 11) is 0. The summed E-state index contributed by atoms with van der Waals surface area (Å²) in [6.45, 7) is 17.6. The van der Waals surface area contributed by atoms with Gasteiger partial charge in [-0.25, -0.2) is 0 Å². The van der Waals surface area contributed by atoms with Crippen molar-refractivity contribution in [2.75, 3.05) is 30.8 Å². The molecule has 0 aliphatic carbocycles. The third-order valence-electron chi connectivity index (χ3n) is 11.8. The molecule has 0 radical (unpaired) electrons. The van der Waals surface area contributed by atoms with E-state index < -0.39 is 11.8 Å². The predicted molar refractivity (Wildman–Crippen MR) is 319 cm³/mol. The fourth-order valence-electron chi connectivity index (χ4n) is 7.78. The Morgan fingerprint density at radius 1 is 0.842 bits per heavy atom. The normalized spacial score (nSPS) is 15.3. The summed E-state index contributed by atoms with van der Waals surface area (Å²) in [5.41, 5.74) is 12.2. The molecule has 0 saturated heterocycles. The topological polar surface area (TPSA) is 134 Å². The van der Waals surface area contributed by atoms with E-state index in [0.717, 1.165) is 35.1 Å². The van der Waals surface area contributed by atoms with Gasteiger partial charge in [-0.3, -0.25) is 19.6 Å². The van der Waals surface area contributed by atoms with Gasteiger partial charge in [-0.05, 0) is 98.8 Å². The van der Waals surface area contributed by atoms with Crippen LogP contribution in [0.4, 0.5) is 11.4 Å². The number of amides is 2. The zero-order valence-corrected chi connectivity index (χ0v) is 45.7. The number of nitrogens with one attached hydrogen (secondary N) is 2. The van der Waals surface area contributed by atoms with Gasteiger partial charge in [0, 0.05) is 37.4 Å². The molecule has 76 heavy (non-hydrogen) atoms. The zero-order valence-electron chi connectivity index (χ0n) is 45.7. The van der Waals surface area contributed by atoms with E-state index in [0.29, 0.717) is 60.8 Å². The molecule has 1 aliphatic rings. The van der Waals surface area contributed by atoms with Crippen LogP contribution in [-0.4, -0.2) is 54.5 Å². The number of carbonyl (C=O) groups is 2. The maximum atomic E-state index is 15.2. The molecule has 1 aliphatic heterocycles. The molecule has 4 rings (SSSR count). The highest BCUT2D eigenvalue weighted by atomic mass is 16.5. The van der Waals surface area contributed by atoms with E-state index in [9.17, 15) is 4.79 Å². The fourth-order valence-corrected chi connectivity index (χ4v) is 7.78. The minimum Gasteiger partial charge on any atom is -0.490 e. The van der Waals surface area contributed by atoms with Crippen molar-refractivity contribution in [3.05, 3.63) is 239 Å². The van der Waals surface area contributed by atoms with Crippen LogP contribution in [-0.2, 0) is 38.8 Å². The number of benzene rings is 3. The summed E-state index contributed by atoms with van der Waals surface area (Å²) in [4.78, 5) is 30.1. The molecule has 3 aromatic carbocycles. The summed E-state index contributed by atoms with van der Waals surface area (Å²) in [6.07, 6.45) is 44.0. The van der Waals surface area contributed by atoms with Crippen LogP contribution in [0.5, 0.6) is 0 Å². The lowest BCUT2D eigenvalue weighted by Crippen LogP contribution is -2.37. The molecule has 11 heteroatoms. The van der Waals surface area contributed by atoms with Crippen molar-refractivity contribution in [1.82, 2.24) is 15.3 Å². The first-order valence-corrected chi connectivity index (χ1v) is 26.5. The standard InChI is InChI=1S/C65H81N7O4/c1-8-13-17-19-21-23-32-40-57-46-69-72(47-52(6)34-26-15-10-3)62(63(57)76-50-55-38-30-25-31-39-55)65(74)70-60-44-59(66)43-42-56(60)45-68-64(73)61(71(67-7)48-54-36-28-24-29-37-54)58(41-33-22-20-18-14-9-2)51-75-49-53(12-5)35-27-16-11-4/h10-22,24-32,34-40,42-44,46,52,57H,7-9,23,33,41,45,47-51,66H2,1-6H3,(H,68,73)(H,70,74)/b15-10-,16-11-,17-13-,18-14-,21-19?,22-20-,34-26-,35-27-,40-32+,53-12+,61-58+. The van der Waals surface area contributed by atoms with Crippen molar-refractivity contribution >= 4 is 36.1 Å². The summed E-state index contributed by atoms with van der Waals surface area (Å²) in [5, 5.41) is 19.0. The van der Waals surface area contributed by atoms with Gasteiger partial charge in [0.25, 0.3) is 11.8 Å². The van der Waals surface area contributed by atoms with Crippen LogP contribution in [0, 0.1) is 11.8 Å². The highest BCUT2D eigenvalue weighted by Gasteiger charge is 2.32. The largest absolute Gasteiger partial charge is 0.490 e. The van der Waals surface area contributed by atoms with E-state index in [1.165, 1.54) is 0 Å². The van der Waals surface area contributed by atoms with Crippen LogP contribution in [0.15, 0.2) is 233 Å². The smallest absolute Gasteiger partial charge is 0.277 e. The maximum Gasteiger partial charge on any atom is 0.277 e. The molecule has 0 spiro atoms. The molecule has 1 heterocycles. The third kappa shape index (κ3) is 21.8. The molecule has 0 saturated carbocycles. The highest BCUT2D eigenvalue weighted by molar-refractivity contribution is 6.05. The summed E-state index contributed by atoms with van der Waals surface area (Å²) >= 11 is 0. The lowest BCUT2D eigenvalue weighted by Gasteiger charge is -2.31. The first-order valence-electron chi connectivity index (χ1n) is 26.5. The van der Waals surface area contributed by atoms with E-state index in [4.69, 9.17) is 20.3 Å². The summed E-state index contributed by atoms with van der Waals surface area (Å²) < 4.78 is 13.1. The Labute approximate surface area is 454 Å². The number of hydrazone groups is 2. The van der Waals surface area contributed by atoms with Gasteiger partial charge in [0.05, 0.1) is 25.7 Å². The molecule has 2 unspecified atom stereocenters. The predicted octanol–water partition coefficient (Wildman–Crippen LogP) is 14.2. The first kappa shape index (κ1) is 60.5. The zero-order chi connectivity index (χ0) is 54.6. The van der Waals surface area contributed by atoms with Crippen molar-refractivity contribution in [2.45, 2.75) is 93.3 Å². The molecule has 0 fully saturated rings. The molecule has 2 amide bonds. The lowest BCUT2D eigenvalue weighted by atomic mass is 10.0. The quantitative estimate of drug-likeness (QED) is 0.0142. The van der Waals surface area contributed by atoms with E-state index in [1.54, 1.807) is 22.2 Å². The molecule has 0 bridgehead atoms. The molecule has 0 aromatic heterocycles. The Hall–Kier alpha value is -8.02. The Morgan fingerprint density at radius 3 is 2.21 bits per heavy atom. The number of anilines is 2. The van der Waals surface area contributed by atoms with E-state index in [1.807, 2.05) is 173 Å². The number of nitrogens with two attached hydrogens (primary N) is 1. The van der Waals surface area contributed by atoms with Crippen molar-refractivity contribution < 1.29 is 19.1 Å². The second-order valence-electron chi connectivity index (χ2n) is 17.9. The summed E-state index contributed by atoms with van der Waals surface area (Å²) in [6, 6.07) is 25.0. The molecule has 400 valence electrons. The molecular formula is C65H81N7O4. The number of allylic oxidation sites excluding steroid dienone is 17. The van der Waals surface area contributed by atoms with E-state index in [-0.39, 0.29) is 43.8 Å². The summed E-state index contributed by atoms with van der Waals surface area (Å²) in [5.74, 6) is -0.822. The monoisotopic (exact) mass is 1020 g/mol. The SMILES string of the molecule is C=NN(Cc1ccccc1)/C(C(=O)NCc1ccc(N)cc1NC(=O)C1=C(OCc2ccccc2)C(/C=C/CC=C/C=C\CC)C=NN1CC(C)/C=C\C=C/C)=C(\CC/C=C\C=C/CC)COCC(/C=C\C=C/C)=C/C. The van der Waals surface area contributed by atoms with Gasteiger partial charge in [-0.1, -0.05) is 203 Å². The molecule has 4 N–H and O–H groups in total. The van der Waals surface area contributed by atoms with Crippen LogP contribution >= 0.6 is 0 Å². The van der Waals surface area contributed by atoms with Crippen molar-refractivity contribution in [3.63, 3.8) is 0 Å². The molecular weight excluding hydrogens is 943 g/mol. The number of carbonyl (C=O) groups excluding carboxylic acids is 2. The van der Waals surface area contributed by atoms with Gasteiger partial charge >= 0.3 is 0 Å². The molecule has 2 atom stereocenters. The average Bonchev–Trinajstić information content (AvgIpc) is 3.43. The minimum absolute atomic E-state index is 0.00117.